The van der Waals surface area contributed by atoms with Gasteiger partial charge in [0, 0.05) is 5.69 Å². The van der Waals surface area contributed by atoms with Gasteiger partial charge in [-0.05, 0) is 24.6 Å². The number of H-pyrrole nitrogens is 2. The fourth-order valence-electron chi connectivity index (χ4n) is 2.44. The summed E-state index contributed by atoms with van der Waals surface area (Å²) in [6.07, 6.45) is 0.798. The van der Waals surface area contributed by atoms with E-state index in [2.05, 4.69) is 30.7 Å². The second kappa shape index (κ2) is 9.06. The van der Waals surface area contributed by atoms with Crippen LogP contribution in [0.3, 0.4) is 0 Å². The zero-order valence-corrected chi connectivity index (χ0v) is 15.2. The molecule has 0 fully saturated rings. The fraction of sp³-hybridized carbons (Fsp3) is 0.353. The third kappa shape index (κ3) is 4.50. The third-order valence-electron chi connectivity index (χ3n) is 3.64. The molecule has 1 aromatic carbocycles. The zero-order valence-electron chi connectivity index (χ0n) is 15.2. The van der Waals surface area contributed by atoms with Crippen LogP contribution in [0.1, 0.15) is 13.3 Å². The van der Waals surface area contributed by atoms with E-state index in [1.807, 2.05) is 6.92 Å². The van der Waals surface area contributed by atoms with Crippen molar-refractivity contribution in [2.24, 2.45) is 0 Å². The van der Waals surface area contributed by atoms with E-state index in [1.165, 1.54) is 0 Å². The van der Waals surface area contributed by atoms with Crippen LogP contribution in [0.5, 0.6) is 5.75 Å². The van der Waals surface area contributed by atoms with Gasteiger partial charge in [-0.25, -0.2) is 4.98 Å². The number of hydrogen-bond donors (Lipinski definition) is 4. The summed E-state index contributed by atoms with van der Waals surface area (Å²) in [5, 5.41) is 21.4. The first-order chi connectivity index (χ1) is 13.6. The Morgan fingerprint density at radius 2 is 2.14 bits per heavy atom. The molecular weight excluding hydrogens is 368 g/mol. The number of ether oxygens (including phenoxy) is 2. The number of fused-ring (bicyclic) bond motifs is 1. The molecular formula is C17H20N6O5. The van der Waals surface area contributed by atoms with Gasteiger partial charge in [0.25, 0.3) is 5.56 Å². The van der Waals surface area contributed by atoms with Crippen molar-refractivity contribution < 1.29 is 19.4 Å². The van der Waals surface area contributed by atoms with Gasteiger partial charge in [-0.15, -0.1) is 10.2 Å². The molecule has 2 heterocycles. The van der Waals surface area contributed by atoms with E-state index < -0.39 is 5.56 Å². The van der Waals surface area contributed by atoms with Crippen LogP contribution in [0.2, 0.25) is 0 Å². The van der Waals surface area contributed by atoms with E-state index in [4.69, 9.17) is 14.6 Å². The molecule has 0 aliphatic heterocycles. The summed E-state index contributed by atoms with van der Waals surface area (Å²) in [4.78, 5) is 31.1. The van der Waals surface area contributed by atoms with Crippen LogP contribution in [0.15, 0.2) is 23.0 Å². The van der Waals surface area contributed by atoms with Crippen molar-refractivity contribution in [2.45, 2.75) is 13.3 Å². The average Bonchev–Trinajstić information content (AvgIpc) is 3.16. The molecule has 11 heteroatoms. The Balaban J connectivity index is 1.93. The number of amides is 1. The van der Waals surface area contributed by atoms with Gasteiger partial charge in [0.1, 0.15) is 18.2 Å². The highest BCUT2D eigenvalue weighted by Gasteiger charge is 2.15. The molecule has 0 saturated carbocycles. The number of carbonyl (C=O) groups excluding carboxylic acids is 1. The smallest absolute Gasteiger partial charge is 0.281 e. The number of carbonyl (C=O) groups is 1. The number of benzene rings is 1. The van der Waals surface area contributed by atoms with Gasteiger partial charge >= 0.3 is 0 Å². The first-order valence-corrected chi connectivity index (χ1v) is 8.68. The molecule has 0 atom stereocenters. The minimum atomic E-state index is -0.443. The maximum atomic E-state index is 12.2. The molecule has 148 valence electrons. The molecule has 0 unspecified atom stereocenters. The first-order valence-electron chi connectivity index (χ1n) is 8.68. The van der Waals surface area contributed by atoms with Gasteiger partial charge in [0.2, 0.25) is 11.6 Å². The molecule has 0 saturated heterocycles. The van der Waals surface area contributed by atoms with Crippen LogP contribution < -0.4 is 15.6 Å². The third-order valence-corrected chi connectivity index (χ3v) is 3.64. The molecule has 0 bridgehead atoms. The number of rotatable bonds is 9. The molecule has 0 aliphatic carbocycles. The minimum absolute atomic E-state index is 0.0747. The number of hydrogen-bond acceptors (Lipinski definition) is 8. The van der Waals surface area contributed by atoms with Crippen molar-refractivity contribution in [1.29, 1.82) is 0 Å². The van der Waals surface area contributed by atoms with Gasteiger partial charge in [0.15, 0.2) is 5.52 Å². The highest BCUT2D eigenvalue weighted by atomic mass is 16.5. The summed E-state index contributed by atoms with van der Waals surface area (Å²) >= 11 is 0. The summed E-state index contributed by atoms with van der Waals surface area (Å²) in [6.45, 7) is 2.17. The highest BCUT2D eigenvalue weighted by molar-refractivity contribution is 5.92. The molecule has 0 radical (unpaired) electrons. The Morgan fingerprint density at radius 3 is 2.93 bits per heavy atom. The fourth-order valence-corrected chi connectivity index (χ4v) is 2.44. The van der Waals surface area contributed by atoms with E-state index in [0.29, 0.717) is 23.6 Å². The van der Waals surface area contributed by atoms with E-state index in [0.717, 1.165) is 6.42 Å². The summed E-state index contributed by atoms with van der Waals surface area (Å²) in [5.74, 6) is 0.363. The summed E-state index contributed by atoms with van der Waals surface area (Å²) in [5.41, 5.74) is 0.795. The second-order valence-electron chi connectivity index (χ2n) is 5.79. The molecule has 0 aliphatic rings. The van der Waals surface area contributed by atoms with Gasteiger partial charge in [-0.2, -0.15) is 5.21 Å². The van der Waals surface area contributed by atoms with Crippen molar-refractivity contribution in [2.75, 3.05) is 31.7 Å². The average molecular weight is 388 g/mol. The zero-order chi connectivity index (χ0) is 19.9. The number of aromatic nitrogens is 5. The summed E-state index contributed by atoms with van der Waals surface area (Å²) in [6, 6.07) is 4.99. The number of aliphatic hydroxyl groups is 1. The van der Waals surface area contributed by atoms with E-state index >= 15 is 0 Å². The maximum absolute atomic E-state index is 12.2. The lowest BCUT2D eigenvalue weighted by Crippen LogP contribution is -2.19. The largest absolute Gasteiger partial charge is 0.493 e. The Kier molecular flexibility index (Phi) is 6.29. The maximum Gasteiger partial charge on any atom is 0.281 e. The number of aromatic amines is 2. The lowest BCUT2D eigenvalue weighted by molar-refractivity contribution is -0.120. The molecule has 4 N–H and O–H groups in total. The number of aliphatic hydroxyl groups excluding tert-OH is 1. The van der Waals surface area contributed by atoms with Crippen LogP contribution in [-0.2, 0) is 9.53 Å². The molecule has 11 nitrogen and oxygen atoms in total. The molecule has 3 rings (SSSR count). The van der Waals surface area contributed by atoms with Gasteiger partial charge in [0.05, 0.1) is 25.4 Å². The van der Waals surface area contributed by atoms with Crippen LogP contribution in [0, 0.1) is 0 Å². The molecule has 2 aromatic heterocycles. The quantitative estimate of drug-likeness (QED) is 0.385. The number of nitrogens with zero attached hydrogens (tertiary/aromatic N) is 3. The van der Waals surface area contributed by atoms with Gasteiger partial charge < -0.3 is 24.9 Å². The Labute approximate surface area is 159 Å². The van der Waals surface area contributed by atoms with Gasteiger partial charge in [-0.1, -0.05) is 6.92 Å². The van der Waals surface area contributed by atoms with Crippen LogP contribution >= 0.6 is 0 Å². The van der Waals surface area contributed by atoms with Crippen LogP contribution in [-0.4, -0.2) is 62.8 Å². The Hall–Kier alpha value is -3.31. The minimum Gasteiger partial charge on any atom is -0.493 e. The lowest BCUT2D eigenvalue weighted by atomic mass is 10.1. The van der Waals surface area contributed by atoms with E-state index in [-0.39, 0.29) is 42.7 Å². The first kappa shape index (κ1) is 19.5. The number of anilines is 1. The van der Waals surface area contributed by atoms with Crippen molar-refractivity contribution in [1.82, 2.24) is 25.4 Å². The Morgan fingerprint density at radius 1 is 1.29 bits per heavy atom. The normalized spacial score (nSPS) is 10.9. The number of nitrogens with one attached hydrogen (secondary N) is 3. The van der Waals surface area contributed by atoms with Crippen molar-refractivity contribution in [3.63, 3.8) is 0 Å². The van der Waals surface area contributed by atoms with Crippen LogP contribution in [0.4, 0.5) is 5.69 Å². The summed E-state index contributed by atoms with van der Waals surface area (Å²) < 4.78 is 10.7. The molecule has 3 aromatic rings. The highest BCUT2D eigenvalue weighted by Crippen LogP contribution is 2.30. The van der Waals surface area contributed by atoms with Crippen molar-refractivity contribution >= 4 is 22.8 Å². The predicted octanol–water partition coefficient (Wildman–Crippen LogP) is 0.444. The predicted molar refractivity (Wildman–Crippen MR) is 100 cm³/mol. The van der Waals surface area contributed by atoms with Gasteiger partial charge in [-0.3, -0.25) is 9.59 Å². The standard InChI is InChI=1S/C17H20N6O5/c1-2-6-28-12-4-3-10(18-13(25)9-27-7-5-24)8-11(12)15-19-16-14(17(26)20-15)21-23-22-16/h3-4,8,24H,2,5-7,9H2,1H3,(H,18,25)(H2,19,20,21,22,23,26). The second-order valence-corrected chi connectivity index (χ2v) is 5.79. The summed E-state index contributed by atoms with van der Waals surface area (Å²) in [7, 11) is 0. The molecule has 0 spiro atoms. The van der Waals surface area contributed by atoms with Crippen molar-refractivity contribution in [3.8, 4) is 17.1 Å². The molecule has 28 heavy (non-hydrogen) atoms. The van der Waals surface area contributed by atoms with Crippen LogP contribution in [0.25, 0.3) is 22.6 Å². The topological polar surface area (TPSA) is 155 Å². The lowest BCUT2D eigenvalue weighted by Gasteiger charge is -2.13. The van der Waals surface area contributed by atoms with Crippen molar-refractivity contribution in [3.05, 3.63) is 28.6 Å². The van der Waals surface area contributed by atoms with E-state index in [1.54, 1.807) is 18.2 Å². The SMILES string of the molecule is CCCOc1ccc(NC(=O)COCCO)cc1-c1nc2n[nH]nc2c(=O)[nH]1. The monoisotopic (exact) mass is 388 g/mol. The molecule has 1 amide bonds. The van der Waals surface area contributed by atoms with E-state index in [9.17, 15) is 9.59 Å². The Bertz CT molecular complexity index is 1010.